The molecule has 1 fully saturated rings. The third-order valence-electron chi connectivity index (χ3n) is 5.99. The van der Waals surface area contributed by atoms with E-state index in [4.69, 9.17) is 9.47 Å². The smallest absolute Gasteiger partial charge is 0.409 e. The molecule has 1 aromatic carbocycles. The molecule has 2 aromatic heterocycles. The molecule has 3 aromatic rings. The minimum Gasteiger partial charge on any atom is -0.453 e. The highest BCUT2D eigenvalue weighted by atomic mass is 19.2. The lowest BCUT2D eigenvalue weighted by atomic mass is 9.97. The molecule has 0 spiro atoms. The Balaban J connectivity index is 1.83. The van der Waals surface area contributed by atoms with Crippen molar-refractivity contribution in [1.29, 1.82) is 0 Å². The molecule has 1 atom stereocenters. The number of nitrogens with zero attached hydrogens (tertiary/aromatic N) is 3. The van der Waals surface area contributed by atoms with E-state index in [9.17, 15) is 14.0 Å². The third kappa shape index (κ3) is 4.21. The summed E-state index contributed by atoms with van der Waals surface area (Å²) in [4.78, 5) is 30.2. The van der Waals surface area contributed by atoms with Gasteiger partial charge in [0.05, 0.1) is 43.3 Å². The van der Waals surface area contributed by atoms with E-state index >= 15 is 4.39 Å². The molecule has 1 N–H and O–H groups in total. The van der Waals surface area contributed by atoms with Crippen molar-refractivity contribution in [2.75, 3.05) is 33.9 Å². The zero-order valence-electron chi connectivity index (χ0n) is 19.4. The fraction of sp³-hybridized carbons (Fsp3) is 0.375. The Labute approximate surface area is 195 Å². The Morgan fingerprint density at radius 1 is 1.26 bits per heavy atom. The summed E-state index contributed by atoms with van der Waals surface area (Å²) < 4.78 is 42.8. The number of imidazole rings is 1. The number of hydrogen-bond donors (Lipinski definition) is 1. The number of ether oxygens (including phenoxy) is 2. The number of rotatable bonds is 4. The molecule has 0 radical (unpaired) electrons. The lowest BCUT2D eigenvalue weighted by Gasteiger charge is -2.32. The first-order valence-corrected chi connectivity index (χ1v) is 10.9. The van der Waals surface area contributed by atoms with Crippen molar-refractivity contribution in [3.63, 3.8) is 0 Å². The Hall–Kier alpha value is -3.53. The standard InChI is InChI=1S/C24H26F2N4O4/c1-13-5-6-30-17(11-15-12-29(7-8-34-15)24(32)33-4)22(28-18(30)9-13)19-14(2)10-16(23(31)27-3)20(25)21(19)26/h5-6,9-10,15H,7-8,11-12H2,1-4H3,(H,27,31)/t15-/m0/s1. The molecule has 34 heavy (non-hydrogen) atoms. The van der Waals surface area contributed by atoms with Crippen LogP contribution in [0.2, 0.25) is 0 Å². The highest BCUT2D eigenvalue weighted by molar-refractivity contribution is 5.95. The Morgan fingerprint density at radius 3 is 2.74 bits per heavy atom. The largest absolute Gasteiger partial charge is 0.453 e. The van der Waals surface area contributed by atoms with E-state index in [1.165, 1.54) is 20.2 Å². The first kappa shape index (κ1) is 23.6. The van der Waals surface area contributed by atoms with Gasteiger partial charge in [0.25, 0.3) is 5.91 Å². The van der Waals surface area contributed by atoms with Gasteiger partial charge in [0, 0.05) is 31.8 Å². The van der Waals surface area contributed by atoms with Crippen molar-refractivity contribution in [2.45, 2.75) is 26.4 Å². The number of benzene rings is 1. The van der Waals surface area contributed by atoms with Crippen LogP contribution in [0.15, 0.2) is 24.4 Å². The molecule has 1 aliphatic rings. The number of carbonyl (C=O) groups excluding carboxylic acids is 2. The van der Waals surface area contributed by atoms with E-state index in [-0.39, 0.29) is 23.4 Å². The maximum atomic E-state index is 15.4. The van der Waals surface area contributed by atoms with Crippen molar-refractivity contribution in [3.8, 4) is 11.3 Å². The molecule has 0 bridgehead atoms. The summed E-state index contributed by atoms with van der Waals surface area (Å²) >= 11 is 0. The first-order valence-electron chi connectivity index (χ1n) is 10.9. The molecule has 0 aliphatic carbocycles. The lowest BCUT2D eigenvalue weighted by molar-refractivity contribution is -0.0241. The maximum absolute atomic E-state index is 15.4. The Kier molecular flexibility index (Phi) is 6.52. The molecule has 180 valence electrons. The second-order valence-corrected chi connectivity index (χ2v) is 8.28. The van der Waals surface area contributed by atoms with Gasteiger partial charge in [-0.25, -0.2) is 18.6 Å². The van der Waals surface area contributed by atoms with Crippen LogP contribution in [0.5, 0.6) is 0 Å². The number of methoxy groups -OCH3 is 1. The molecular formula is C24H26F2N4O4. The van der Waals surface area contributed by atoms with Gasteiger partial charge >= 0.3 is 6.09 Å². The number of fused-ring (bicyclic) bond motifs is 1. The molecule has 3 heterocycles. The molecule has 10 heteroatoms. The van der Waals surface area contributed by atoms with Crippen LogP contribution in [0.1, 0.15) is 27.2 Å². The Bertz CT molecular complexity index is 1270. The van der Waals surface area contributed by atoms with Crippen molar-refractivity contribution in [2.24, 2.45) is 0 Å². The monoisotopic (exact) mass is 472 g/mol. The van der Waals surface area contributed by atoms with E-state index in [2.05, 4.69) is 10.3 Å². The predicted molar refractivity (Wildman–Crippen MR) is 121 cm³/mol. The fourth-order valence-electron chi connectivity index (χ4n) is 4.29. The zero-order chi connectivity index (χ0) is 24.6. The first-order chi connectivity index (χ1) is 16.2. The molecule has 1 saturated heterocycles. The van der Waals surface area contributed by atoms with Gasteiger partial charge in [-0.05, 0) is 43.2 Å². The van der Waals surface area contributed by atoms with Gasteiger partial charge in [0.15, 0.2) is 11.6 Å². The van der Waals surface area contributed by atoms with Gasteiger partial charge in [-0.3, -0.25) is 4.79 Å². The van der Waals surface area contributed by atoms with Gasteiger partial charge in [0.1, 0.15) is 5.65 Å². The van der Waals surface area contributed by atoms with Crippen LogP contribution in [0, 0.1) is 25.5 Å². The number of carbonyl (C=O) groups is 2. The number of nitrogens with one attached hydrogen (secondary N) is 1. The quantitative estimate of drug-likeness (QED) is 0.630. The van der Waals surface area contributed by atoms with E-state index in [0.717, 1.165) is 5.56 Å². The lowest BCUT2D eigenvalue weighted by Crippen LogP contribution is -2.46. The Morgan fingerprint density at radius 2 is 2.03 bits per heavy atom. The van der Waals surface area contributed by atoms with Gasteiger partial charge in [-0.2, -0.15) is 0 Å². The minimum absolute atomic E-state index is 0.0119. The van der Waals surface area contributed by atoms with Crippen LogP contribution >= 0.6 is 0 Å². The van der Waals surface area contributed by atoms with Gasteiger partial charge in [-0.15, -0.1) is 0 Å². The van der Waals surface area contributed by atoms with Crippen LogP contribution < -0.4 is 5.32 Å². The molecule has 2 amide bonds. The third-order valence-corrected chi connectivity index (χ3v) is 5.99. The van der Waals surface area contributed by atoms with Gasteiger partial charge in [0.2, 0.25) is 0 Å². The van der Waals surface area contributed by atoms with Crippen LogP contribution in [0.3, 0.4) is 0 Å². The minimum atomic E-state index is -1.23. The second kappa shape index (κ2) is 9.38. The summed E-state index contributed by atoms with van der Waals surface area (Å²) in [6.45, 7) is 4.54. The number of halogens is 2. The average molecular weight is 472 g/mol. The van der Waals surface area contributed by atoms with Crippen LogP contribution in [0.25, 0.3) is 16.9 Å². The molecule has 8 nitrogen and oxygen atoms in total. The highest BCUT2D eigenvalue weighted by Crippen LogP contribution is 2.34. The maximum Gasteiger partial charge on any atom is 0.409 e. The number of aromatic nitrogens is 2. The fourth-order valence-corrected chi connectivity index (χ4v) is 4.29. The molecule has 4 rings (SSSR count). The number of morpholine rings is 1. The summed E-state index contributed by atoms with van der Waals surface area (Å²) in [5.74, 6) is -3.08. The summed E-state index contributed by atoms with van der Waals surface area (Å²) in [5, 5.41) is 2.32. The number of amides is 2. The molecule has 0 unspecified atom stereocenters. The van der Waals surface area contributed by atoms with E-state index < -0.39 is 29.7 Å². The van der Waals surface area contributed by atoms with Crippen molar-refractivity contribution >= 4 is 17.6 Å². The van der Waals surface area contributed by atoms with Crippen molar-refractivity contribution < 1.29 is 27.8 Å². The van der Waals surface area contributed by atoms with E-state index in [1.54, 1.807) is 11.8 Å². The number of hydrogen-bond acceptors (Lipinski definition) is 5. The normalized spacial score (nSPS) is 16.1. The average Bonchev–Trinajstić information content (AvgIpc) is 3.17. The van der Waals surface area contributed by atoms with Crippen LogP contribution in [-0.4, -0.2) is 66.2 Å². The summed E-state index contributed by atoms with van der Waals surface area (Å²) in [6, 6.07) is 5.06. The van der Waals surface area contributed by atoms with E-state index in [1.807, 2.05) is 29.7 Å². The SMILES string of the molecule is CNC(=O)c1cc(C)c(-c2nc3cc(C)ccn3c2C[C@H]2CN(C(=O)OC)CCO2)c(F)c1F. The second-order valence-electron chi connectivity index (χ2n) is 8.28. The molecule has 0 saturated carbocycles. The predicted octanol–water partition coefficient (Wildman–Crippen LogP) is 3.27. The number of pyridine rings is 1. The zero-order valence-corrected chi connectivity index (χ0v) is 19.4. The molecule has 1 aliphatic heterocycles. The highest BCUT2D eigenvalue weighted by Gasteiger charge is 2.30. The summed E-state index contributed by atoms with van der Waals surface area (Å²) in [6.07, 6.45) is 1.27. The van der Waals surface area contributed by atoms with Crippen molar-refractivity contribution in [1.82, 2.24) is 19.6 Å². The van der Waals surface area contributed by atoms with E-state index in [0.29, 0.717) is 36.5 Å². The van der Waals surface area contributed by atoms with Crippen molar-refractivity contribution in [3.05, 3.63) is 58.4 Å². The summed E-state index contributed by atoms with van der Waals surface area (Å²) in [7, 11) is 2.67. The van der Waals surface area contributed by atoms with Gasteiger partial charge < -0.3 is 24.1 Å². The van der Waals surface area contributed by atoms with Crippen LogP contribution in [0.4, 0.5) is 13.6 Å². The van der Waals surface area contributed by atoms with Gasteiger partial charge in [-0.1, -0.05) is 0 Å². The topological polar surface area (TPSA) is 85.2 Å². The molecular weight excluding hydrogens is 446 g/mol. The number of aryl methyl sites for hydroxylation is 2. The summed E-state index contributed by atoms with van der Waals surface area (Å²) in [5.41, 5.74) is 2.40. The van der Waals surface area contributed by atoms with Crippen LogP contribution in [-0.2, 0) is 15.9 Å².